The van der Waals surface area contributed by atoms with Crippen molar-refractivity contribution in [3.05, 3.63) is 60.2 Å². The largest absolute Gasteiger partial charge is 0.369 e. The van der Waals surface area contributed by atoms with E-state index in [2.05, 4.69) is 20.3 Å². The minimum absolute atomic E-state index is 0.0139. The van der Waals surface area contributed by atoms with E-state index in [0.29, 0.717) is 5.95 Å². The summed E-state index contributed by atoms with van der Waals surface area (Å²) in [5.41, 5.74) is 8.33. The Morgan fingerprint density at radius 3 is 2.64 bits per heavy atom. The van der Waals surface area contributed by atoms with Crippen molar-refractivity contribution < 1.29 is 4.79 Å². The summed E-state index contributed by atoms with van der Waals surface area (Å²) < 4.78 is 0. The highest BCUT2D eigenvalue weighted by Gasteiger charge is 2.06. The van der Waals surface area contributed by atoms with E-state index in [1.165, 1.54) is 0 Å². The predicted octanol–water partition coefficient (Wildman–Crippen LogP) is 2.06. The average Bonchev–Trinajstić information content (AvgIpc) is 2.89. The normalized spacial score (nSPS) is 11.5. The monoisotopic (exact) mass is 293 g/mol. The van der Waals surface area contributed by atoms with Crippen LogP contribution in [0.15, 0.2) is 59.6 Å². The lowest BCUT2D eigenvalue weighted by Gasteiger charge is -2.01. The number of H-pyrrole nitrogens is 1. The van der Waals surface area contributed by atoms with E-state index in [-0.39, 0.29) is 18.3 Å². The van der Waals surface area contributed by atoms with Gasteiger partial charge in [-0.05, 0) is 17.7 Å². The van der Waals surface area contributed by atoms with Gasteiger partial charge in [0.05, 0.1) is 17.5 Å². The van der Waals surface area contributed by atoms with Gasteiger partial charge in [-0.15, -0.1) is 0 Å². The Morgan fingerprint density at radius 2 is 1.86 bits per heavy atom. The van der Waals surface area contributed by atoms with Gasteiger partial charge in [-0.2, -0.15) is 4.99 Å². The van der Waals surface area contributed by atoms with E-state index < -0.39 is 0 Å². The topological polar surface area (TPSA) is 96.2 Å². The molecule has 0 saturated heterocycles. The van der Waals surface area contributed by atoms with Crippen LogP contribution in [0.1, 0.15) is 5.56 Å². The third-order valence-corrected chi connectivity index (χ3v) is 3.08. The van der Waals surface area contributed by atoms with Crippen molar-refractivity contribution in [1.82, 2.24) is 9.97 Å². The lowest BCUT2D eigenvalue weighted by molar-refractivity contribution is -0.117. The first kappa shape index (κ1) is 13.8. The zero-order valence-electron chi connectivity index (χ0n) is 11.8. The average molecular weight is 293 g/mol. The fraction of sp³-hybridized carbons (Fsp3) is 0.0625. The van der Waals surface area contributed by atoms with Gasteiger partial charge in [0.2, 0.25) is 11.9 Å². The van der Waals surface area contributed by atoms with Crippen molar-refractivity contribution in [2.24, 2.45) is 10.7 Å². The first-order chi connectivity index (χ1) is 10.7. The quantitative estimate of drug-likeness (QED) is 0.508. The number of aliphatic imine (C=N–C) groups is 1. The zero-order valence-corrected chi connectivity index (χ0v) is 11.8. The molecular weight excluding hydrogens is 278 g/mol. The number of para-hydroxylation sites is 2. The van der Waals surface area contributed by atoms with Gasteiger partial charge in [0, 0.05) is 0 Å². The molecule has 1 amide bonds. The molecule has 3 aromatic rings. The molecule has 0 aliphatic carbocycles. The molecule has 0 fully saturated rings. The van der Waals surface area contributed by atoms with Crippen LogP contribution in [0.5, 0.6) is 0 Å². The Kier molecular flexibility index (Phi) is 3.82. The molecule has 6 heteroatoms. The van der Waals surface area contributed by atoms with Gasteiger partial charge in [0.15, 0.2) is 0 Å². The Balaban J connectivity index is 1.67. The fourth-order valence-electron chi connectivity index (χ4n) is 2.11. The summed E-state index contributed by atoms with van der Waals surface area (Å²) in [6.07, 6.45) is 0.212. The zero-order chi connectivity index (χ0) is 15.4. The number of anilines is 1. The molecule has 1 heterocycles. The van der Waals surface area contributed by atoms with E-state index in [0.717, 1.165) is 16.6 Å². The molecule has 22 heavy (non-hydrogen) atoms. The number of nitrogens with one attached hydrogen (secondary N) is 2. The molecule has 6 nitrogen and oxygen atoms in total. The number of aromatic nitrogens is 2. The van der Waals surface area contributed by atoms with Crippen LogP contribution in [0.2, 0.25) is 0 Å². The van der Waals surface area contributed by atoms with Crippen LogP contribution in [0.3, 0.4) is 0 Å². The Morgan fingerprint density at radius 1 is 1.14 bits per heavy atom. The summed E-state index contributed by atoms with van der Waals surface area (Å²) in [4.78, 5) is 23.0. The van der Waals surface area contributed by atoms with Crippen molar-refractivity contribution in [1.29, 1.82) is 0 Å². The Bertz CT molecular complexity index is 790. The number of carbonyl (C=O) groups excluding carboxylic acids is 1. The van der Waals surface area contributed by atoms with Crippen molar-refractivity contribution >= 4 is 28.8 Å². The minimum Gasteiger partial charge on any atom is -0.369 e. The summed E-state index contributed by atoms with van der Waals surface area (Å²) >= 11 is 0. The molecule has 0 bridgehead atoms. The Hall–Kier alpha value is -3.15. The molecule has 0 aliphatic rings. The number of fused-ring (bicyclic) bond motifs is 1. The number of rotatable bonds is 3. The summed E-state index contributed by atoms with van der Waals surface area (Å²) in [5.74, 6) is 0.155. The molecule has 0 atom stereocenters. The second-order valence-corrected chi connectivity index (χ2v) is 4.78. The lowest BCUT2D eigenvalue weighted by atomic mass is 10.1. The van der Waals surface area contributed by atoms with Crippen LogP contribution < -0.4 is 11.1 Å². The molecule has 0 saturated carbocycles. The summed E-state index contributed by atoms with van der Waals surface area (Å²) in [7, 11) is 0. The standard InChI is InChI=1S/C16H15N5O/c17-15(20-14(22)10-11-6-2-1-3-7-11)21-16-18-12-8-4-5-9-13(12)19-16/h1-9H,10H2,(H4,17,18,19,20,21,22). The number of nitrogens with zero attached hydrogens (tertiary/aromatic N) is 2. The number of amides is 1. The molecule has 0 unspecified atom stereocenters. The minimum atomic E-state index is -0.313. The SMILES string of the molecule is N/C(=N/C(=O)Cc1ccccc1)Nc1nc2ccccc2[nH]1. The number of hydrogen-bond donors (Lipinski definition) is 3. The van der Waals surface area contributed by atoms with Crippen molar-refractivity contribution in [2.75, 3.05) is 5.32 Å². The fourth-order valence-corrected chi connectivity index (χ4v) is 2.11. The van der Waals surface area contributed by atoms with E-state index in [4.69, 9.17) is 5.73 Å². The van der Waals surface area contributed by atoms with Gasteiger partial charge in [0.1, 0.15) is 0 Å². The number of benzene rings is 2. The number of imidazole rings is 1. The Labute approximate surface area is 127 Å². The maximum Gasteiger partial charge on any atom is 0.253 e. The molecule has 3 rings (SSSR count). The number of hydrogen-bond acceptors (Lipinski definition) is 2. The van der Waals surface area contributed by atoms with E-state index in [1.807, 2.05) is 54.6 Å². The third kappa shape index (κ3) is 3.29. The molecule has 2 aromatic carbocycles. The molecule has 110 valence electrons. The number of nitrogens with two attached hydrogens (primary N) is 1. The van der Waals surface area contributed by atoms with E-state index in [1.54, 1.807) is 0 Å². The highest BCUT2D eigenvalue weighted by molar-refractivity contribution is 6.00. The van der Waals surface area contributed by atoms with Crippen LogP contribution in [0.4, 0.5) is 5.95 Å². The predicted molar refractivity (Wildman–Crippen MR) is 86.5 cm³/mol. The summed E-state index contributed by atoms with van der Waals surface area (Å²) in [5, 5.41) is 2.79. The molecule has 0 radical (unpaired) electrons. The highest BCUT2D eigenvalue weighted by Crippen LogP contribution is 2.12. The maximum atomic E-state index is 11.8. The van der Waals surface area contributed by atoms with Crippen LogP contribution >= 0.6 is 0 Å². The van der Waals surface area contributed by atoms with E-state index >= 15 is 0 Å². The van der Waals surface area contributed by atoms with Gasteiger partial charge in [-0.3, -0.25) is 10.1 Å². The van der Waals surface area contributed by atoms with Crippen LogP contribution in [0.25, 0.3) is 11.0 Å². The lowest BCUT2D eigenvalue weighted by Crippen LogP contribution is -2.25. The first-order valence-corrected chi connectivity index (χ1v) is 6.83. The maximum absolute atomic E-state index is 11.8. The molecule has 0 aliphatic heterocycles. The van der Waals surface area contributed by atoms with Crippen molar-refractivity contribution in [3.63, 3.8) is 0 Å². The second-order valence-electron chi connectivity index (χ2n) is 4.78. The third-order valence-electron chi connectivity index (χ3n) is 3.08. The van der Waals surface area contributed by atoms with E-state index in [9.17, 15) is 4.79 Å². The molecule has 1 aromatic heterocycles. The van der Waals surface area contributed by atoms with Crippen molar-refractivity contribution in [3.8, 4) is 0 Å². The van der Waals surface area contributed by atoms with Gasteiger partial charge in [-0.25, -0.2) is 4.98 Å². The highest BCUT2D eigenvalue weighted by atomic mass is 16.1. The molecule has 0 spiro atoms. The van der Waals surface area contributed by atoms with Gasteiger partial charge >= 0.3 is 0 Å². The van der Waals surface area contributed by atoms with Crippen LogP contribution in [-0.2, 0) is 11.2 Å². The first-order valence-electron chi connectivity index (χ1n) is 6.83. The van der Waals surface area contributed by atoms with Crippen LogP contribution in [0, 0.1) is 0 Å². The molecule has 4 N–H and O–H groups in total. The number of aromatic amines is 1. The van der Waals surface area contributed by atoms with Crippen molar-refractivity contribution in [2.45, 2.75) is 6.42 Å². The van der Waals surface area contributed by atoms with Gasteiger partial charge in [0.25, 0.3) is 5.91 Å². The smallest absolute Gasteiger partial charge is 0.253 e. The number of carbonyl (C=O) groups is 1. The summed E-state index contributed by atoms with van der Waals surface area (Å²) in [6.45, 7) is 0. The van der Waals surface area contributed by atoms with Gasteiger partial charge in [-0.1, -0.05) is 42.5 Å². The summed E-state index contributed by atoms with van der Waals surface area (Å²) in [6, 6.07) is 17.0. The number of guanidine groups is 1. The van der Waals surface area contributed by atoms with Crippen LogP contribution in [-0.4, -0.2) is 21.8 Å². The molecular formula is C16H15N5O. The van der Waals surface area contributed by atoms with Gasteiger partial charge < -0.3 is 10.7 Å². The second kappa shape index (κ2) is 6.09.